The van der Waals surface area contributed by atoms with Crippen molar-refractivity contribution >= 4 is 32.6 Å². The molecule has 1 aromatic heterocycles. The van der Waals surface area contributed by atoms with E-state index in [0.717, 1.165) is 11.0 Å². The molecule has 1 heterocycles. The van der Waals surface area contributed by atoms with Crippen LogP contribution in [0.15, 0.2) is 34.7 Å². The predicted molar refractivity (Wildman–Crippen MR) is 76.9 cm³/mol. The summed E-state index contributed by atoms with van der Waals surface area (Å²) in [5.41, 5.74) is 0.754. The second kappa shape index (κ2) is 5.94. The summed E-state index contributed by atoms with van der Waals surface area (Å²) in [6.07, 6.45) is 0.434. The van der Waals surface area contributed by atoms with E-state index in [0.29, 0.717) is 18.1 Å². The Morgan fingerprint density at radius 2 is 2.11 bits per heavy atom. The van der Waals surface area contributed by atoms with Gasteiger partial charge in [-0.2, -0.15) is 0 Å². The third-order valence-corrected chi connectivity index (χ3v) is 4.58. The monoisotopic (exact) mass is 301 g/mol. The van der Waals surface area contributed by atoms with Gasteiger partial charge < -0.3 is 4.42 Å². The van der Waals surface area contributed by atoms with Gasteiger partial charge in [0.25, 0.3) is 0 Å². The number of fused-ring (bicyclic) bond motifs is 1. The first-order valence-electron chi connectivity index (χ1n) is 6.06. The fourth-order valence-electron chi connectivity index (χ4n) is 1.85. The lowest BCUT2D eigenvalue weighted by Crippen LogP contribution is -2.29. The normalized spacial score (nSPS) is 13.8. The molecule has 6 heteroatoms. The molecule has 19 heavy (non-hydrogen) atoms. The maximum Gasteiger partial charge on any atom is 0.212 e. The Labute approximate surface area is 117 Å². The van der Waals surface area contributed by atoms with Gasteiger partial charge in [0.15, 0.2) is 0 Å². The average Bonchev–Trinajstić information content (AvgIpc) is 2.80. The van der Waals surface area contributed by atoms with Gasteiger partial charge >= 0.3 is 0 Å². The van der Waals surface area contributed by atoms with Crippen molar-refractivity contribution in [1.82, 2.24) is 4.72 Å². The van der Waals surface area contributed by atoms with Crippen LogP contribution in [0.3, 0.4) is 0 Å². The van der Waals surface area contributed by atoms with E-state index in [4.69, 9.17) is 16.0 Å². The van der Waals surface area contributed by atoms with Crippen LogP contribution < -0.4 is 4.72 Å². The zero-order valence-electron chi connectivity index (χ0n) is 10.6. The summed E-state index contributed by atoms with van der Waals surface area (Å²) in [4.78, 5) is 0. The van der Waals surface area contributed by atoms with Crippen molar-refractivity contribution < 1.29 is 12.8 Å². The largest absolute Gasteiger partial charge is 0.459 e. The molecule has 0 aliphatic heterocycles. The predicted octanol–water partition coefficient (Wildman–Crippen LogP) is 3.04. The molecule has 0 radical (unpaired) electrons. The molecule has 4 nitrogen and oxygen atoms in total. The number of sulfonamides is 1. The Morgan fingerprint density at radius 3 is 2.79 bits per heavy atom. The van der Waals surface area contributed by atoms with Gasteiger partial charge in [-0.05, 0) is 25.5 Å². The molecule has 0 aliphatic rings. The maximum absolute atomic E-state index is 11.8. The molecule has 1 N–H and O–H groups in total. The third-order valence-electron chi connectivity index (χ3n) is 2.77. The highest BCUT2D eigenvalue weighted by molar-refractivity contribution is 7.89. The van der Waals surface area contributed by atoms with Crippen LogP contribution in [-0.4, -0.2) is 20.1 Å². The Hall–Kier alpha value is -1.04. The van der Waals surface area contributed by atoms with Crippen LogP contribution in [0.2, 0.25) is 0 Å². The second-order valence-electron chi connectivity index (χ2n) is 4.39. The van der Waals surface area contributed by atoms with Gasteiger partial charge in [0.1, 0.15) is 11.3 Å². The highest BCUT2D eigenvalue weighted by Gasteiger charge is 2.18. The summed E-state index contributed by atoms with van der Waals surface area (Å²) in [6.45, 7) is 1.76. The molecule has 0 aliphatic carbocycles. The summed E-state index contributed by atoms with van der Waals surface area (Å²) < 4.78 is 31.8. The Bertz CT molecular complexity index is 618. The van der Waals surface area contributed by atoms with Crippen molar-refractivity contribution in [2.24, 2.45) is 0 Å². The van der Waals surface area contributed by atoms with E-state index in [2.05, 4.69) is 4.72 Å². The zero-order chi connectivity index (χ0) is 13.9. The number of halogens is 1. The molecular weight excluding hydrogens is 286 g/mol. The van der Waals surface area contributed by atoms with Crippen LogP contribution in [0.25, 0.3) is 11.0 Å². The summed E-state index contributed by atoms with van der Waals surface area (Å²) in [7, 11) is -3.32. The van der Waals surface area contributed by atoms with Crippen LogP contribution in [0.4, 0.5) is 0 Å². The second-order valence-corrected chi connectivity index (χ2v) is 6.64. The zero-order valence-corrected chi connectivity index (χ0v) is 12.2. The number of alkyl halides is 1. The van der Waals surface area contributed by atoms with Crippen LogP contribution in [0.1, 0.15) is 25.1 Å². The lowest BCUT2D eigenvalue weighted by atomic mass is 10.2. The average molecular weight is 302 g/mol. The molecular formula is C13H16ClNO3S. The van der Waals surface area contributed by atoms with E-state index in [1.54, 1.807) is 6.92 Å². The number of hydrogen-bond donors (Lipinski definition) is 1. The van der Waals surface area contributed by atoms with E-state index in [-0.39, 0.29) is 5.75 Å². The van der Waals surface area contributed by atoms with Crippen LogP contribution >= 0.6 is 11.6 Å². The molecule has 104 valence electrons. The smallest absolute Gasteiger partial charge is 0.212 e. The number of benzene rings is 1. The van der Waals surface area contributed by atoms with Crippen molar-refractivity contribution in [3.63, 3.8) is 0 Å². The van der Waals surface area contributed by atoms with Gasteiger partial charge in [-0.15, -0.1) is 11.6 Å². The quantitative estimate of drug-likeness (QED) is 0.834. The van der Waals surface area contributed by atoms with Crippen molar-refractivity contribution in [2.45, 2.75) is 19.4 Å². The third kappa shape index (κ3) is 3.72. The lowest BCUT2D eigenvalue weighted by molar-refractivity contribution is 0.484. The van der Waals surface area contributed by atoms with E-state index < -0.39 is 16.1 Å². The fourth-order valence-corrected chi connectivity index (χ4v) is 3.44. The molecule has 0 saturated carbocycles. The number of rotatable bonds is 6. The molecule has 0 spiro atoms. The summed E-state index contributed by atoms with van der Waals surface area (Å²) >= 11 is 5.50. The first-order chi connectivity index (χ1) is 9.02. The molecule has 1 atom stereocenters. The van der Waals surface area contributed by atoms with Gasteiger partial charge in [-0.3, -0.25) is 0 Å². The molecule has 0 saturated heterocycles. The Morgan fingerprint density at radius 1 is 1.37 bits per heavy atom. The van der Waals surface area contributed by atoms with Crippen molar-refractivity contribution in [2.75, 3.05) is 11.6 Å². The number of nitrogens with one attached hydrogen (secondary N) is 1. The fraction of sp³-hybridized carbons (Fsp3) is 0.385. The molecule has 0 amide bonds. The number of para-hydroxylation sites is 1. The summed E-state index contributed by atoms with van der Waals surface area (Å²) in [5, 5.41) is 0.962. The van der Waals surface area contributed by atoms with Crippen molar-refractivity contribution in [1.29, 1.82) is 0 Å². The van der Waals surface area contributed by atoms with Gasteiger partial charge in [-0.1, -0.05) is 18.2 Å². The number of hydrogen-bond acceptors (Lipinski definition) is 3. The van der Waals surface area contributed by atoms with Gasteiger partial charge in [0.2, 0.25) is 10.0 Å². The lowest BCUT2D eigenvalue weighted by Gasteiger charge is -2.11. The van der Waals surface area contributed by atoms with Gasteiger partial charge in [0, 0.05) is 11.3 Å². The minimum Gasteiger partial charge on any atom is -0.459 e. The molecule has 0 fully saturated rings. The molecule has 2 aromatic rings. The standard InChI is InChI=1S/C13H16ClNO3S/c1-10(15-19(16,17)8-4-7-14)13-9-11-5-2-3-6-12(11)18-13/h2-3,5-6,9-10,15H,4,7-8H2,1H3. The highest BCUT2D eigenvalue weighted by Crippen LogP contribution is 2.23. The highest BCUT2D eigenvalue weighted by atomic mass is 35.5. The minimum absolute atomic E-state index is 0.0288. The van der Waals surface area contributed by atoms with Crippen LogP contribution in [-0.2, 0) is 10.0 Å². The van der Waals surface area contributed by atoms with E-state index in [9.17, 15) is 8.42 Å². The Balaban J connectivity index is 2.13. The van der Waals surface area contributed by atoms with E-state index >= 15 is 0 Å². The molecule has 0 bridgehead atoms. The van der Waals surface area contributed by atoms with Gasteiger partial charge in [-0.25, -0.2) is 13.1 Å². The summed E-state index contributed by atoms with van der Waals surface area (Å²) in [6, 6.07) is 9.03. The van der Waals surface area contributed by atoms with E-state index in [1.807, 2.05) is 30.3 Å². The first kappa shape index (κ1) is 14.4. The van der Waals surface area contributed by atoms with Crippen molar-refractivity contribution in [3.8, 4) is 0 Å². The molecule has 1 aromatic carbocycles. The van der Waals surface area contributed by atoms with Crippen molar-refractivity contribution in [3.05, 3.63) is 36.1 Å². The maximum atomic E-state index is 11.8. The minimum atomic E-state index is -3.32. The van der Waals surface area contributed by atoms with Gasteiger partial charge in [0.05, 0.1) is 11.8 Å². The molecule has 2 rings (SSSR count). The SMILES string of the molecule is CC(NS(=O)(=O)CCCCl)c1cc2ccccc2o1. The number of furan rings is 1. The van der Waals surface area contributed by atoms with E-state index in [1.165, 1.54) is 0 Å². The first-order valence-corrected chi connectivity index (χ1v) is 8.25. The van der Waals surface area contributed by atoms with Crippen LogP contribution in [0, 0.1) is 0 Å². The van der Waals surface area contributed by atoms with Crippen LogP contribution in [0.5, 0.6) is 0 Å². The molecule has 1 unspecified atom stereocenters. The topological polar surface area (TPSA) is 59.3 Å². The summed E-state index contributed by atoms with van der Waals surface area (Å²) in [5.74, 6) is 0.969. The Kier molecular flexibility index (Phi) is 4.50.